The highest BCUT2D eigenvalue weighted by molar-refractivity contribution is 5.00. The molecule has 1 aliphatic rings. The normalized spacial score (nSPS) is 28.0. The molecule has 0 spiro atoms. The summed E-state index contributed by atoms with van der Waals surface area (Å²) >= 11 is 0. The lowest BCUT2D eigenvalue weighted by molar-refractivity contribution is 0.122. The third-order valence-electron chi connectivity index (χ3n) is 2.67. The highest BCUT2D eigenvalue weighted by Gasteiger charge is 2.28. The third-order valence-corrected chi connectivity index (χ3v) is 2.67. The first-order valence-corrected chi connectivity index (χ1v) is 4.93. The van der Waals surface area contributed by atoms with Gasteiger partial charge in [0.1, 0.15) is 0 Å². The molecule has 4 heteroatoms. The summed E-state index contributed by atoms with van der Waals surface area (Å²) in [5.74, 6) is 0. The van der Waals surface area contributed by atoms with Crippen LogP contribution in [0.4, 0.5) is 0 Å². The van der Waals surface area contributed by atoms with Gasteiger partial charge in [0.2, 0.25) is 0 Å². The maximum atomic E-state index is 5.94. The maximum absolute atomic E-state index is 5.94. The van der Waals surface area contributed by atoms with Crippen LogP contribution in [0.25, 0.3) is 0 Å². The van der Waals surface area contributed by atoms with Gasteiger partial charge in [0.15, 0.2) is 0 Å². The van der Waals surface area contributed by atoms with Crippen LogP contribution in [0.5, 0.6) is 0 Å². The fourth-order valence-electron chi connectivity index (χ4n) is 1.76. The van der Waals surface area contributed by atoms with Gasteiger partial charge in [-0.2, -0.15) is 0 Å². The van der Waals surface area contributed by atoms with E-state index in [1.165, 1.54) is 0 Å². The van der Waals surface area contributed by atoms with E-state index < -0.39 is 0 Å². The zero-order valence-corrected chi connectivity index (χ0v) is 8.52. The fraction of sp³-hybridized carbons (Fsp3) is 0.600. The number of nitrogens with zero attached hydrogens (tertiary/aromatic N) is 1. The predicted molar refractivity (Wildman–Crippen MR) is 59.7 cm³/mol. The molecule has 0 aromatic carbocycles. The molecule has 3 unspecified atom stereocenters. The highest BCUT2D eigenvalue weighted by Crippen LogP contribution is 2.09. The maximum Gasteiger partial charge on any atom is 0.0765 e. The Morgan fingerprint density at radius 1 is 1.36 bits per heavy atom. The summed E-state index contributed by atoms with van der Waals surface area (Å²) in [4.78, 5) is 2.16. The van der Waals surface area contributed by atoms with E-state index in [9.17, 15) is 0 Å². The Balaban J connectivity index is 2.67. The van der Waals surface area contributed by atoms with E-state index >= 15 is 0 Å². The molecular weight excluding hydrogens is 176 g/mol. The van der Waals surface area contributed by atoms with Gasteiger partial charge in [-0.15, -0.1) is 13.2 Å². The molecule has 0 saturated carbocycles. The molecule has 5 N–H and O–H groups in total. The van der Waals surface area contributed by atoms with E-state index in [1.54, 1.807) is 12.2 Å². The van der Waals surface area contributed by atoms with Crippen molar-refractivity contribution in [2.24, 2.45) is 11.5 Å². The molecule has 1 rings (SSSR count). The minimum absolute atomic E-state index is 0.0474. The van der Waals surface area contributed by atoms with E-state index in [-0.39, 0.29) is 18.2 Å². The number of piperazine rings is 1. The van der Waals surface area contributed by atoms with E-state index in [0.29, 0.717) is 0 Å². The van der Waals surface area contributed by atoms with Crippen LogP contribution in [-0.4, -0.2) is 42.8 Å². The van der Waals surface area contributed by atoms with Crippen LogP contribution in [0.3, 0.4) is 0 Å². The summed E-state index contributed by atoms with van der Waals surface area (Å²) in [6.45, 7) is 10.1. The topological polar surface area (TPSA) is 67.3 Å². The van der Waals surface area contributed by atoms with Gasteiger partial charge in [0.05, 0.1) is 6.17 Å². The van der Waals surface area contributed by atoms with Gasteiger partial charge in [-0.1, -0.05) is 12.2 Å². The van der Waals surface area contributed by atoms with Crippen LogP contribution < -0.4 is 16.8 Å². The zero-order valence-electron chi connectivity index (χ0n) is 8.52. The molecule has 80 valence electrons. The minimum Gasteiger partial charge on any atom is -0.323 e. The summed E-state index contributed by atoms with van der Waals surface area (Å²) in [5.41, 5.74) is 11.9. The Morgan fingerprint density at radius 2 is 2.07 bits per heavy atom. The van der Waals surface area contributed by atoms with Crippen LogP contribution in [0.2, 0.25) is 0 Å². The van der Waals surface area contributed by atoms with Crippen molar-refractivity contribution < 1.29 is 0 Å². The Kier molecular flexibility index (Phi) is 4.28. The van der Waals surface area contributed by atoms with E-state index in [1.807, 2.05) is 0 Å². The molecule has 0 aliphatic carbocycles. The van der Waals surface area contributed by atoms with Crippen molar-refractivity contribution in [1.82, 2.24) is 10.2 Å². The van der Waals surface area contributed by atoms with Gasteiger partial charge in [-0.05, 0) is 0 Å². The van der Waals surface area contributed by atoms with Gasteiger partial charge >= 0.3 is 0 Å². The van der Waals surface area contributed by atoms with Crippen molar-refractivity contribution in [2.45, 2.75) is 18.2 Å². The Bertz CT molecular complexity index is 182. The van der Waals surface area contributed by atoms with Crippen LogP contribution in [0.15, 0.2) is 25.3 Å². The lowest BCUT2D eigenvalue weighted by Crippen LogP contribution is -2.62. The Hall–Kier alpha value is -0.680. The molecule has 0 aromatic heterocycles. The summed E-state index contributed by atoms with van der Waals surface area (Å²) in [6, 6.07) is 0.169. The second-order valence-corrected chi connectivity index (χ2v) is 3.55. The summed E-state index contributed by atoms with van der Waals surface area (Å²) in [5, 5.41) is 3.30. The highest BCUT2D eigenvalue weighted by atomic mass is 15.3. The van der Waals surface area contributed by atoms with E-state index in [2.05, 4.69) is 23.4 Å². The monoisotopic (exact) mass is 196 g/mol. The smallest absolute Gasteiger partial charge is 0.0765 e. The molecule has 1 aliphatic heterocycles. The van der Waals surface area contributed by atoms with Crippen molar-refractivity contribution in [2.75, 3.05) is 19.6 Å². The molecule has 3 atom stereocenters. The predicted octanol–water partition coefficient (Wildman–Crippen LogP) is -0.756. The first-order chi connectivity index (χ1) is 6.70. The molecular formula is C10H20N4. The molecule has 0 radical (unpaired) electrons. The lowest BCUT2D eigenvalue weighted by atomic mass is 10.0. The fourth-order valence-corrected chi connectivity index (χ4v) is 1.76. The largest absolute Gasteiger partial charge is 0.323 e. The first-order valence-electron chi connectivity index (χ1n) is 4.93. The SMILES string of the molecule is C=CC(N)C1CNCCN1C(N)C=C. The second kappa shape index (κ2) is 5.26. The minimum atomic E-state index is -0.118. The summed E-state index contributed by atoms with van der Waals surface area (Å²) in [6.07, 6.45) is 3.39. The Morgan fingerprint density at radius 3 is 2.64 bits per heavy atom. The lowest BCUT2D eigenvalue weighted by Gasteiger charge is -2.40. The van der Waals surface area contributed by atoms with E-state index in [0.717, 1.165) is 19.6 Å². The summed E-state index contributed by atoms with van der Waals surface area (Å²) in [7, 11) is 0. The molecule has 0 aromatic rings. The number of nitrogens with two attached hydrogens (primary N) is 2. The molecule has 1 fully saturated rings. The average Bonchev–Trinajstić information content (AvgIpc) is 2.27. The van der Waals surface area contributed by atoms with Gasteiger partial charge in [-0.3, -0.25) is 4.90 Å². The molecule has 1 saturated heterocycles. The molecule has 14 heavy (non-hydrogen) atoms. The van der Waals surface area contributed by atoms with Gasteiger partial charge in [-0.25, -0.2) is 0 Å². The number of hydrogen-bond donors (Lipinski definition) is 3. The van der Waals surface area contributed by atoms with Gasteiger partial charge in [0.25, 0.3) is 0 Å². The van der Waals surface area contributed by atoms with Crippen LogP contribution in [-0.2, 0) is 0 Å². The van der Waals surface area contributed by atoms with Gasteiger partial charge in [0, 0.05) is 31.7 Å². The number of nitrogens with one attached hydrogen (secondary N) is 1. The molecule has 4 nitrogen and oxygen atoms in total. The van der Waals surface area contributed by atoms with Crippen molar-refractivity contribution in [1.29, 1.82) is 0 Å². The summed E-state index contributed by atoms with van der Waals surface area (Å²) < 4.78 is 0. The van der Waals surface area contributed by atoms with Crippen LogP contribution in [0, 0.1) is 0 Å². The standard InChI is InChI=1S/C10H20N4/c1-3-8(11)9-7-13-5-6-14(9)10(12)4-2/h3-4,8-10,13H,1-2,5-7,11-12H2. The third kappa shape index (κ3) is 2.42. The van der Waals surface area contributed by atoms with Crippen molar-refractivity contribution in [3.8, 4) is 0 Å². The van der Waals surface area contributed by atoms with Crippen molar-refractivity contribution in [3.05, 3.63) is 25.3 Å². The number of rotatable bonds is 4. The van der Waals surface area contributed by atoms with Gasteiger partial charge < -0.3 is 16.8 Å². The molecule has 0 bridgehead atoms. The average molecular weight is 196 g/mol. The quantitative estimate of drug-likeness (QED) is 0.517. The van der Waals surface area contributed by atoms with Crippen molar-refractivity contribution >= 4 is 0 Å². The Labute approximate surface area is 85.6 Å². The number of hydrogen-bond acceptors (Lipinski definition) is 4. The zero-order chi connectivity index (χ0) is 10.6. The molecule has 1 heterocycles. The van der Waals surface area contributed by atoms with Crippen LogP contribution >= 0.6 is 0 Å². The van der Waals surface area contributed by atoms with E-state index in [4.69, 9.17) is 11.5 Å². The first kappa shape index (κ1) is 11.4. The second-order valence-electron chi connectivity index (χ2n) is 3.55. The van der Waals surface area contributed by atoms with Crippen molar-refractivity contribution in [3.63, 3.8) is 0 Å². The van der Waals surface area contributed by atoms with Crippen LogP contribution in [0.1, 0.15) is 0 Å². The molecule has 0 amide bonds.